The maximum atomic E-state index is 13.8. The molecule has 1 saturated heterocycles. The third-order valence-electron chi connectivity index (χ3n) is 7.86. The highest BCUT2D eigenvalue weighted by molar-refractivity contribution is 5.88. The lowest BCUT2D eigenvalue weighted by molar-refractivity contribution is -0.140. The van der Waals surface area contributed by atoms with Crippen molar-refractivity contribution in [2.75, 3.05) is 20.2 Å². The average Bonchev–Trinajstić information content (AvgIpc) is 2.85. The summed E-state index contributed by atoms with van der Waals surface area (Å²) in [6.45, 7) is 1.48. The van der Waals surface area contributed by atoms with E-state index < -0.39 is 5.41 Å². The Bertz CT molecular complexity index is 740. The van der Waals surface area contributed by atoms with Crippen LogP contribution in [-0.2, 0) is 15.0 Å². The number of benzene rings is 1. The Hall–Kier alpha value is -2.04. The number of carbonyl (C=O) groups is 2. The Morgan fingerprint density at radius 3 is 2.13 bits per heavy atom. The van der Waals surface area contributed by atoms with E-state index in [1.807, 2.05) is 12.1 Å². The van der Waals surface area contributed by atoms with E-state index in [0.717, 1.165) is 75.8 Å². The van der Waals surface area contributed by atoms with Gasteiger partial charge in [-0.3, -0.25) is 9.59 Å². The molecule has 1 aliphatic heterocycles. The molecule has 0 atom stereocenters. The van der Waals surface area contributed by atoms with Gasteiger partial charge in [0.1, 0.15) is 5.75 Å². The predicted octanol–water partition coefficient (Wildman–Crippen LogP) is 4.58. The van der Waals surface area contributed by atoms with E-state index in [1.165, 1.54) is 25.7 Å². The number of nitrogens with zero attached hydrogens (tertiary/aromatic N) is 1. The average molecular weight is 427 g/mol. The van der Waals surface area contributed by atoms with Gasteiger partial charge in [0.05, 0.1) is 12.5 Å². The third-order valence-corrected chi connectivity index (χ3v) is 7.86. The van der Waals surface area contributed by atoms with Crippen molar-refractivity contribution in [3.63, 3.8) is 0 Å². The van der Waals surface area contributed by atoms with Crippen LogP contribution >= 0.6 is 0 Å². The molecule has 31 heavy (non-hydrogen) atoms. The number of carbonyl (C=O) groups excluding carboxylic acids is 2. The van der Waals surface area contributed by atoms with Crippen molar-refractivity contribution in [2.45, 2.75) is 88.5 Å². The van der Waals surface area contributed by atoms with Crippen LogP contribution in [0.2, 0.25) is 0 Å². The number of rotatable bonds is 5. The summed E-state index contributed by atoms with van der Waals surface area (Å²) >= 11 is 0. The van der Waals surface area contributed by atoms with Gasteiger partial charge >= 0.3 is 0 Å². The fourth-order valence-electron chi connectivity index (χ4n) is 5.90. The van der Waals surface area contributed by atoms with Gasteiger partial charge in [0, 0.05) is 25.0 Å². The SMILES string of the molecule is COc1ccc(C2(C(=O)N3CCC(NC(=O)C4CCCCC4)CC3)CCCCC2)cc1. The highest BCUT2D eigenvalue weighted by atomic mass is 16.5. The second-order valence-electron chi connectivity index (χ2n) is 9.78. The zero-order chi connectivity index (χ0) is 21.7. The third kappa shape index (κ3) is 4.91. The van der Waals surface area contributed by atoms with Crippen LogP contribution in [0, 0.1) is 5.92 Å². The van der Waals surface area contributed by atoms with Gasteiger partial charge in [-0.25, -0.2) is 0 Å². The smallest absolute Gasteiger partial charge is 0.233 e. The summed E-state index contributed by atoms with van der Waals surface area (Å²) in [5, 5.41) is 3.29. The van der Waals surface area contributed by atoms with E-state index >= 15 is 0 Å². The molecule has 5 nitrogen and oxygen atoms in total. The first-order valence-electron chi connectivity index (χ1n) is 12.4. The van der Waals surface area contributed by atoms with Crippen molar-refractivity contribution in [1.82, 2.24) is 10.2 Å². The molecule has 0 spiro atoms. The molecule has 1 aromatic rings. The predicted molar refractivity (Wildman–Crippen MR) is 122 cm³/mol. The lowest BCUT2D eigenvalue weighted by Gasteiger charge is -2.42. The molecule has 170 valence electrons. The van der Waals surface area contributed by atoms with Crippen molar-refractivity contribution in [2.24, 2.45) is 5.92 Å². The van der Waals surface area contributed by atoms with E-state index in [9.17, 15) is 9.59 Å². The lowest BCUT2D eigenvalue weighted by Crippen LogP contribution is -2.53. The van der Waals surface area contributed by atoms with E-state index in [0.29, 0.717) is 0 Å². The lowest BCUT2D eigenvalue weighted by atomic mass is 9.68. The Balaban J connectivity index is 1.39. The molecule has 2 amide bonds. The largest absolute Gasteiger partial charge is 0.497 e. The van der Waals surface area contributed by atoms with Crippen molar-refractivity contribution in [3.8, 4) is 5.75 Å². The van der Waals surface area contributed by atoms with Crippen LogP contribution in [-0.4, -0.2) is 43.0 Å². The first-order chi connectivity index (χ1) is 15.1. The van der Waals surface area contributed by atoms with Gasteiger partial charge in [-0.15, -0.1) is 0 Å². The van der Waals surface area contributed by atoms with E-state index in [1.54, 1.807) is 7.11 Å². The molecular weight excluding hydrogens is 388 g/mol. The number of ether oxygens (including phenoxy) is 1. The summed E-state index contributed by atoms with van der Waals surface area (Å²) in [5.41, 5.74) is 0.730. The molecule has 0 unspecified atom stereocenters. The van der Waals surface area contributed by atoms with Gasteiger partial charge in [-0.05, 0) is 56.2 Å². The highest BCUT2D eigenvalue weighted by Gasteiger charge is 2.44. The van der Waals surface area contributed by atoms with Gasteiger partial charge < -0.3 is 15.0 Å². The molecule has 3 fully saturated rings. The van der Waals surface area contributed by atoms with Crippen LogP contribution in [0.25, 0.3) is 0 Å². The fraction of sp³-hybridized carbons (Fsp3) is 0.692. The zero-order valence-electron chi connectivity index (χ0n) is 19.0. The Labute approximate surface area is 186 Å². The van der Waals surface area contributed by atoms with Crippen LogP contribution < -0.4 is 10.1 Å². The van der Waals surface area contributed by atoms with Crippen LogP contribution in [0.5, 0.6) is 5.75 Å². The van der Waals surface area contributed by atoms with E-state index in [4.69, 9.17) is 4.74 Å². The van der Waals surface area contributed by atoms with Crippen molar-refractivity contribution in [1.29, 1.82) is 0 Å². The summed E-state index contributed by atoms with van der Waals surface area (Å²) in [6, 6.07) is 8.33. The molecule has 3 aliphatic rings. The van der Waals surface area contributed by atoms with E-state index in [2.05, 4.69) is 22.3 Å². The summed E-state index contributed by atoms with van der Waals surface area (Å²) < 4.78 is 5.32. The van der Waals surface area contributed by atoms with Crippen LogP contribution in [0.3, 0.4) is 0 Å². The van der Waals surface area contributed by atoms with Crippen molar-refractivity contribution in [3.05, 3.63) is 29.8 Å². The molecule has 0 radical (unpaired) electrons. The summed E-state index contributed by atoms with van der Waals surface area (Å²) in [6.07, 6.45) is 12.7. The molecule has 1 aromatic carbocycles. The van der Waals surface area contributed by atoms with Crippen molar-refractivity contribution < 1.29 is 14.3 Å². The van der Waals surface area contributed by atoms with Gasteiger partial charge in [-0.2, -0.15) is 0 Å². The first kappa shape index (κ1) is 22.2. The Morgan fingerprint density at radius 2 is 1.52 bits per heavy atom. The van der Waals surface area contributed by atoms with E-state index in [-0.39, 0.29) is 23.8 Å². The maximum Gasteiger partial charge on any atom is 0.233 e. The molecule has 2 aliphatic carbocycles. The number of nitrogens with one attached hydrogen (secondary N) is 1. The number of likely N-dealkylation sites (tertiary alicyclic amines) is 1. The molecule has 2 saturated carbocycles. The fourth-order valence-corrected chi connectivity index (χ4v) is 5.90. The summed E-state index contributed by atoms with van der Waals surface area (Å²) in [7, 11) is 1.67. The van der Waals surface area contributed by atoms with Gasteiger partial charge in [0.15, 0.2) is 0 Å². The van der Waals surface area contributed by atoms with Crippen molar-refractivity contribution >= 4 is 11.8 Å². The normalized spacial score (nSPS) is 22.7. The minimum absolute atomic E-state index is 0.203. The second kappa shape index (κ2) is 10.1. The number of piperidine rings is 1. The number of methoxy groups -OCH3 is 1. The molecule has 5 heteroatoms. The molecule has 0 aromatic heterocycles. The molecule has 1 N–H and O–H groups in total. The van der Waals surface area contributed by atoms with Gasteiger partial charge in [-0.1, -0.05) is 50.7 Å². The Morgan fingerprint density at radius 1 is 0.903 bits per heavy atom. The number of amides is 2. The van der Waals surface area contributed by atoms with Crippen LogP contribution in [0.1, 0.15) is 82.6 Å². The standard InChI is InChI=1S/C26H38N2O3/c1-31-23-12-10-21(11-13-23)26(16-6-3-7-17-26)25(30)28-18-14-22(15-19-28)27-24(29)20-8-4-2-5-9-20/h10-13,20,22H,2-9,14-19H2,1H3,(H,27,29). The quantitative estimate of drug-likeness (QED) is 0.749. The Kier molecular flexibility index (Phi) is 7.19. The summed E-state index contributed by atoms with van der Waals surface area (Å²) in [4.78, 5) is 28.5. The molecule has 4 rings (SSSR count). The number of hydrogen-bond donors (Lipinski definition) is 1. The molecular formula is C26H38N2O3. The maximum absolute atomic E-state index is 13.8. The minimum Gasteiger partial charge on any atom is -0.497 e. The monoisotopic (exact) mass is 426 g/mol. The summed E-state index contributed by atoms with van der Waals surface area (Å²) in [5.74, 6) is 1.56. The first-order valence-corrected chi connectivity index (χ1v) is 12.4. The highest BCUT2D eigenvalue weighted by Crippen LogP contribution is 2.42. The van der Waals surface area contributed by atoms with Crippen LogP contribution in [0.4, 0.5) is 0 Å². The van der Waals surface area contributed by atoms with Gasteiger partial charge in [0.25, 0.3) is 0 Å². The van der Waals surface area contributed by atoms with Crippen LogP contribution in [0.15, 0.2) is 24.3 Å². The second-order valence-corrected chi connectivity index (χ2v) is 9.78. The molecule has 1 heterocycles. The topological polar surface area (TPSA) is 58.6 Å². The minimum atomic E-state index is -0.400. The zero-order valence-corrected chi connectivity index (χ0v) is 19.0. The number of hydrogen-bond acceptors (Lipinski definition) is 3. The molecule has 0 bridgehead atoms. The van der Waals surface area contributed by atoms with Gasteiger partial charge in [0.2, 0.25) is 11.8 Å².